The molecular weight excluding hydrogens is 306 g/mol. The fraction of sp³-hybridized carbons (Fsp3) is 0. The van der Waals surface area contributed by atoms with E-state index in [9.17, 15) is 4.79 Å². The SMILES string of the molecule is Nc1oc2c(Br)cccc2c1C(=O)c1ccccc1. The number of benzene rings is 2. The van der Waals surface area contributed by atoms with E-state index in [0.29, 0.717) is 16.7 Å². The first-order valence-corrected chi connectivity index (χ1v) is 6.54. The highest BCUT2D eigenvalue weighted by atomic mass is 79.9. The summed E-state index contributed by atoms with van der Waals surface area (Å²) in [6, 6.07) is 14.6. The highest BCUT2D eigenvalue weighted by molar-refractivity contribution is 9.10. The minimum absolute atomic E-state index is 0.130. The molecule has 0 amide bonds. The lowest BCUT2D eigenvalue weighted by Crippen LogP contribution is -2.03. The average Bonchev–Trinajstić information content (AvgIpc) is 2.77. The maximum atomic E-state index is 12.5. The van der Waals surface area contributed by atoms with E-state index in [1.807, 2.05) is 36.4 Å². The van der Waals surface area contributed by atoms with Crippen LogP contribution in [0, 0.1) is 0 Å². The molecule has 0 aliphatic rings. The van der Waals surface area contributed by atoms with Crippen LogP contribution in [0.5, 0.6) is 0 Å². The molecule has 3 aromatic rings. The Morgan fingerprint density at radius 1 is 1.05 bits per heavy atom. The number of ketones is 1. The van der Waals surface area contributed by atoms with Gasteiger partial charge in [0.05, 0.1) is 10.0 Å². The Kier molecular flexibility index (Phi) is 2.87. The number of carbonyl (C=O) groups is 1. The largest absolute Gasteiger partial charge is 0.439 e. The molecular formula is C15H10BrNO2. The molecule has 0 saturated carbocycles. The first-order chi connectivity index (χ1) is 9.18. The van der Waals surface area contributed by atoms with Gasteiger partial charge in [0.15, 0.2) is 11.4 Å². The summed E-state index contributed by atoms with van der Waals surface area (Å²) in [4.78, 5) is 12.5. The molecule has 0 fully saturated rings. The number of nitrogen functional groups attached to an aromatic ring is 1. The predicted octanol–water partition coefficient (Wildman–Crippen LogP) is 4.01. The lowest BCUT2D eigenvalue weighted by Gasteiger charge is -1.99. The van der Waals surface area contributed by atoms with E-state index < -0.39 is 0 Å². The number of carbonyl (C=O) groups excluding carboxylic acids is 1. The van der Waals surface area contributed by atoms with Gasteiger partial charge in [0, 0.05) is 10.9 Å². The number of fused-ring (bicyclic) bond motifs is 1. The Morgan fingerprint density at radius 3 is 2.53 bits per heavy atom. The van der Waals surface area contributed by atoms with Crippen molar-refractivity contribution >= 4 is 38.6 Å². The summed E-state index contributed by atoms with van der Waals surface area (Å²) in [6.45, 7) is 0. The summed E-state index contributed by atoms with van der Waals surface area (Å²) >= 11 is 3.39. The molecule has 0 spiro atoms. The smallest absolute Gasteiger partial charge is 0.202 e. The molecule has 2 aromatic carbocycles. The number of para-hydroxylation sites is 1. The summed E-state index contributed by atoms with van der Waals surface area (Å²) in [6.07, 6.45) is 0. The molecule has 0 radical (unpaired) electrons. The second-order valence-corrected chi connectivity index (χ2v) is 5.01. The van der Waals surface area contributed by atoms with Crippen molar-refractivity contribution in [3.05, 3.63) is 64.1 Å². The number of hydrogen-bond donors (Lipinski definition) is 1. The molecule has 0 bridgehead atoms. The van der Waals surface area contributed by atoms with E-state index in [4.69, 9.17) is 10.2 Å². The minimum Gasteiger partial charge on any atom is -0.439 e. The third-order valence-electron chi connectivity index (χ3n) is 2.96. The second kappa shape index (κ2) is 4.55. The molecule has 2 N–H and O–H groups in total. The highest BCUT2D eigenvalue weighted by Crippen LogP contribution is 2.34. The molecule has 19 heavy (non-hydrogen) atoms. The zero-order valence-corrected chi connectivity index (χ0v) is 11.5. The van der Waals surface area contributed by atoms with Gasteiger partial charge in [0.1, 0.15) is 0 Å². The van der Waals surface area contributed by atoms with Crippen LogP contribution >= 0.6 is 15.9 Å². The van der Waals surface area contributed by atoms with Gasteiger partial charge < -0.3 is 10.2 Å². The standard InChI is InChI=1S/C15H10BrNO2/c16-11-8-4-7-10-12(15(17)19-14(10)11)13(18)9-5-2-1-3-6-9/h1-8H,17H2. The lowest BCUT2D eigenvalue weighted by molar-refractivity contribution is 0.104. The van der Waals surface area contributed by atoms with Crippen LogP contribution in [0.3, 0.4) is 0 Å². The van der Waals surface area contributed by atoms with Crippen molar-refractivity contribution in [1.29, 1.82) is 0 Å². The number of hydrogen-bond acceptors (Lipinski definition) is 3. The van der Waals surface area contributed by atoms with Gasteiger partial charge in [-0.15, -0.1) is 0 Å². The number of furan rings is 1. The van der Waals surface area contributed by atoms with Crippen LogP contribution in [-0.4, -0.2) is 5.78 Å². The van der Waals surface area contributed by atoms with Gasteiger partial charge in [0.25, 0.3) is 0 Å². The molecule has 94 valence electrons. The van der Waals surface area contributed by atoms with Gasteiger partial charge in [-0.05, 0) is 22.0 Å². The monoisotopic (exact) mass is 315 g/mol. The van der Waals surface area contributed by atoms with Crippen molar-refractivity contribution in [1.82, 2.24) is 0 Å². The summed E-state index contributed by atoms with van der Waals surface area (Å²) < 4.78 is 6.26. The third-order valence-corrected chi connectivity index (χ3v) is 3.58. The van der Waals surface area contributed by atoms with Crippen LogP contribution in [0.25, 0.3) is 11.0 Å². The highest BCUT2D eigenvalue weighted by Gasteiger charge is 2.21. The van der Waals surface area contributed by atoms with Gasteiger partial charge in [-0.1, -0.05) is 42.5 Å². The van der Waals surface area contributed by atoms with Gasteiger partial charge in [0.2, 0.25) is 5.88 Å². The van der Waals surface area contributed by atoms with Crippen LogP contribution < -0.4 is 5.73 Å². The third kappa shape index (κ3) is 1.94. The van der Waals surface area contributed by atoms with E-state index in [2.05, 4.69) is 15.9 Å². The Balaban J connectivity index is 2.24. The molecule has 4 heteroatoms. The molecule has 3 rings (SSSR count). The molecule has 0 saturated heterocycles. The van der Waals surface area contributed by atoms with Crippen molar-refractivity contribution in [3.8, 4) is 0 Å². The number of nitrogens with two attached hydrogens (primary N) is 1. The van der Waals surface area contributed by atoms with Gasteiger partial charge in [-0.2, -0.15) is 0 Å². The van der Waals surface area contributed by atoms with E-state index >= 15 is 0 Å². The fourth-order valence-corrected chi connectivity index (χ4v) is 2.52. The zero-order chi connectivity index (χ0) is 13.4. The predicted molar refractivity (Wildman–Crippen MR) is 78.2 cm³/mol. The maximum absolute atomic E-state index is 12.5. The normalized spacial score (nSPS) is 10.8. The summed E-state index contributed by atoms with van der Waals surface area (Å²) in [7, 11) is 0. The van der Waals surface area contributed by atoms with Crippen LogP contribution in [0.4, 0.5) is 5.88 Å². The van der Waals surface area contributed by atoms with Crippen LogP contribution in [-0.2, 0) is 0 Å². The van der Waals surface area contributed by atoms with Crippen molar-refractivity contribution in [2.75, 3.05) is 5.73 Å². The first kappa shape index (κ1) is 12.0. The van der Waals surface area contributed by atoms with E-state index in [1.54, 1.807) is 12.1 Å². The summed E-state index contributed by atoms with van der Waals surface area (Å²) in [5.74, 6) is 0.0192. The molecule has 3 nitrogen and oxygen atoms in total. The fourth-order valence-electron chi connectivity index (χ4n) is 2.07. The number of rotatable bonds is 2. The molecule has 0 atom stereocenters. The average molecular weight is 316 g/mol. The Hall–Kier alpha value is -2.07. The molecule has 0 aliphatic carbocycles. The van der Waals surface area contributed by atoms with E-state index in [-0.39, 0.29) is 11.7 Å². The Morgan fingerprint density at radius 2 is 1.79 bits per heavy atom. The lowest BCUT2D eigenvalue weighted by atomic mass is 10.0. The van der Waals surface area contributed by atoms with Crippen molar-refractivity contribution in [2.24, 2.45) is 0 Å². The topological polar surface area (TPSA) is 56.2 Å². The minimum atomic E-state index is -0.130. The Bertz CT molecular complexity index is 762. The van der Waals surface area contributed by atoms with Crippen LogP contribution in [0.1, 0.15) is 15.9 Å². The van der Waals surface area contributed by atoms with Crippen molar-refractivity contribution in [3.63, 3.8) is 0 Å². The second-order valence-electron chi connectivity index (χ2n) is 4.15. The van der Waals surface area contributed by atoms with Gasteiger partial charge in [-0.3, -0.25) is 4.79 Å². The molecule has 0 unspecified atom stereocenters. The number of anilines is 1. The first-order valence-electron chi connectivity index (χ1n) is 5.74. The molecule has 0 aliphatic heterocycles. The zero-order valence-electron chi connectivity index (χ0n) is 9.89. The summed E-state index contributed by atoms with van der Waals surface area (Å²) in [5.41, 5.74) is 7.46. The summed E-state index contributed by atoms with van der Waals surface area (Å²) in [5, 5.41) is 0.723. The molecule has 1 aromatic heterocycles. The van der Waals surface area contributed by atoms with Gasteiger partial charge >= 0.3 is 0 Å². The number of halogens is 1. The van der Waals surface area contributed by atoms with Crippen molar-refractivity contribution in [2.45, 2.75) is 0 Å². The quantitative estimate of drug-likeness (QED) is 0.727. The van der Waals surface area contributed by atoms with E-state index in [0.717, 1.165) is 9.86 Å². The van der Waals surface area contributed by atoms with Crippen LogP contribution in [0.15, 0.2) is 57.4 Å². The van der Waals surface area contributed by atoms with Gasteiger partial charge in [-0.25, -0.2) is 0 Å². The Labute approximate surface area is 118 Å². The molecule has 1 heterocycles. The van der Waals surface area contributed by atoms with E-state index in [1.165, 1.54) is 0 Å². The van der Waals surface area contributed by atoms with Crippen molar-refractivity contribution < 1.29 is 9.21 Å². The maximum Gasteiger partial charge on any atom is 0.202 e. The van der Waals surface area contributed by atoms with Crippen LogP contribution in [0.2, 0.25) is 0 Å².